The molecule has 0 fully saturated rings. The summed E-state index contributed by atoms with van der Waals surface area (Å²) < 4.78 is 2.30. The Morgan fingerprint density at radius 3 is 2.85 bits per heavy atom. The summed E-state index contributed by atoms with van der Waals surface area (Å²) in [6, 6.07) is 10.7. The summed E-state index contributed by atoms with van der Waals surface area (Å²) in [5.41, 5.74) is 5.21. The predicted octanol–water partition coefficient (Wildman–Crippen LogP) is 3.85. The Hall–Kier alpha value is -1.54. The van der Waals surface area contributed by atoms with Gasteiger partial charge in [-0.25, -0.2) is 0 Å². The molecule has 0 saturated heterocycles. The number of aliphatic hydroxyl groups excluding tert-OH is 1. The molecule has 1 aliphatic carbocycles. The molecule has 1 atom stereocenters. The molecule has 0 amide bonds. The lowest BCUT2D eigenvalue weighted by atomic mass is 9.75. The summed E-state index contributed by atoms with van der Waals surface area (Å²) in [7, 11) is 0. The first-order valence-corrected chi connectivity index (χ1v) is 7.36. The van der Waals surface area contributed by atoms with Crippen LogP contribution in [0.15, 0.2) is 36.5 Å². The molecule has 1 N–H and O–H groups in total. The second-order valence-electron chi connectivity index (χ2n) is 6.90. The average Bonchev–Trinajstić information content (AvgIpc) is 2.71. The molecule has 2 heteroatoms. The van der Waals surface area contributed by atoms with E-state index >= 15 is 0 Å². The highest BCUT2D eigenvalue weighted by atomic mass is 16.3. The van der Waals surface area contributed by atoms with E-state index in [-0.39, 0.29) is 11.5 Å². The Morgan fingerprint density at radius 1 is 1.30 bits per heavy atom. The molecule has 1 aliphatic rings. The molecule has 3 rings (SSSR count). The van der Waals surface area contributed by atoms with E-state index in [1.807, 2.05) is 0 Å². The van der Waals surface area contributed by atoms with E-state index in [4.69, 9.17) is 0 Å². The SMILES string of the molecule is Cc1cccc(Cn2ccc3c2CC(C)(C)CC3O)c1. The van der Waals surface area contributed by atoms with E-state index in [0.29, 0.717) is 0 Å². The molecule has 106 valence electrons. The average molecular weight is 269 g/mol. The van der Waals surface area contributed by atoms with Crippen LogP contribution in [-0.2, 0) is 13.0 Å². The number of rotatable bonds is 2. The summed E-state index contributed by atoms with van der Waals surface area (Å²) in [4.78, 5) is 0. The summed E-state index contributed by atoms with van der Waals surface area (Å²) in [6.07, 6.45) is 3.71. The van der Waals surface area contributed by atoms with Crippen molar-refractivity contribution in [3.63, 3.8) is 0 Å². The van der Waals surface area contributed by atoms with Gasteiger partial charge in [-0.1, -0.05) is 43.7 Å². The highest BCUT2D eigenvalue weighted by Crippen LogP contribution is 2.41. The number of aromatic nitrogens is 1. The van der Waals surface area contributed by atoms with Gasteiger partial charge in [0.1, 0.15) is 0 Å². The van der Waals surface area contributed by atoms with E-state index in [9.17, 15) is 5.11 Å². The van der Waals surface area contributed by atoms with Crippen molar-refractivity contribution in [1.29, 1.82) is 0 Å². The molecule has 1 heterocycles. The lowest BCUT2D eigenvalue weighted by Crippen LogP contribution is -2.26. The lowest BCUT2D eigenvalue weighted by Gasteiger charge is -2.34. The fourth-order valence-electron chi connectivity index (χ4n) is 3.34. The Morgan fingerprint density at radius 2 is 2.10 bits per heavy atom. The Bertz CT molecular complexity index is 624. The quantitative estimate of drug-likeness (QED) is 0.880. The highest BCUT2D eigenvalue weighted by molar-refractivity contribution is 5.31. The zero-order valence-corrected chi connectivity index (χ0v) is 12.6. The third-order valence-corrected chi connectivity index (χ3v) is 4.30. The van der Waals surface area contributed by atoms with Gasteiger partial charge in [0.2, 0.25) is 0 Å². The smallest absolute Gasteiger partial charge is 0.0812 e. The van der Waals surface area contributed by atoms with Crippen LogP contribution in [0.25, 0.3) is 0 Å². The second-order valence-corrected chi connectivity index (χ2v) is 6.90. The second kappa shape index (κ2) is 4.78. The standard InChI is InChI=1S/C18H23NO/c1-13-5-4-6-14(9-13)12-19-8-7-15-16(19)10-18(2,3)11-17(15)20/h4-9,17,20H,10-12H2,1-3H3. The first-order valence-electron chi connectivity index (χ1n) is 7.36. The minimum atomic E-state index is -0.312. The normalized spacial score (nSPS) is 20.7. The van der Waals surface area contributed by atoms with Crippen LogP contribution >= 0.6 is 0 Å². The number of hydrogen-bond acceptors (Lipinski definition) is 1. The number of hydrogen-bond donors (Lipinski definition) is 1. The molecule has 1 aromatic carbocycles. The van der Waals surface area contributed by atoms with Gasteiger partial charge in [0.25, 0.3) is 0 Å². The van der Waals surface area contributed by atoms with Crippen molar-refractivity contribution < 1.29 is 5.11 Å². The summed E-state index contributed by atoms with van der Waals surface area (Å²) >= 11 is 0. The van der Waals surface area contributed by atoms with Gasteiger partial charge in [-0.05, 0) is 36.8 Å². The van der Waals surface area contributed by atoms with Crippen LogP contribution in [0.1, 0.15) is 48.8 Å². The van der Waals surface area contributed by atoms with E-state index < -0.39 is 0 Å². The number of fused-ring (bicyclic) bond motifs is 1. The number of aryl methyl sites for hydroxylation is 1. The molecule has 20 heavy (non-hydrogen) atoms. The van der Waals surface area contributed by atoms with Crippen LogP contribution < -0.4 is 0 Å². The van der Waals surface area contributed by atoms with E-state index in [1.165, 1.54) is 16.8 Å². The first-order chi connectivity index (χ1) is 9.44. The van der Waals surface area contributed by atoms with Crippen molar-refractivity contribution in [2.45, 2.75) is 46.3 Å². The largest absolute Gasteiger partial charge is 0.388 e. The maximum Gasteiger partial charge on any atom is 0.0812 e. The van der Waals surface area contributed by atoms with Crippen molar-refractivity contribution in [2.75, 3.05) is 0 Å². The van der Waals surface area contributed by atoms with Gasteiger partial charge in [0, 0.05) is 24.0 Å². The monoisotopic (exact) mass is 269 g/mol. The Labute approximate surface area is 121 Å². The third kappa shape index (κ3) is 2.53. The third-order valence-electron chi connectivity index (χ3n) is 4.30. The molecule has 2 aromatic rings. The number of aliphatic hydroxyl groups is 1. The fourth-order valence-corrected chi connectivity index (χ4v) is 3.34. The van der Waals surface area contributed by atoms with E-state index in [0.717, 1.165) is 24.9 Å². The zero-order valence-electron chi connectivity index (χ0n) is 12.6. The molecular weight excluding hydrogens is 246 g/mol. The predicted molar refractivity (Wildman–Crippen MR) is 81.8 cm³/mol. The van der Waals surface area contributed by atoms with E-state index in [1.54, 1.807) is 0 Å². The van der Waals surface area contributed by atoms with Crippen molar-refractivity contribution in [1.82, 2.24) is 4.57 Å². The molecule has 0 bridgehead atoms. The van der Waals surface area contributed by atoms with Gasteiger partial charge in [-0.2, -0.15) is 0 Å². The van der Waals surface area contributed by atoms with E-state index in [2.05, 4.69) is 61.9 Å². The van der Waals surface area contributed by atoms with Crippen molar-refractivity contribution >= 4 is 0 Å². The van der Waals surface area contributed by atoms with Crippen LogP contribution in [0.5, 0.6) is 0 Å². The molecule has 2 nitrogen and oxygen atoms in total. The minimum absolute atomic E-state index is 0.176. The van der Waals surface area contributed by atoms with Crippen LogP contribution in [-0.4, -0.2) is 9.67 Å². The zero-order chi connectivity index (χ0) is 14.3. The highest BCUT2D eigenvalue weighted by Gasteiger charge is 2.33. The molecule has 1 unspecified atom stereocenters. The number of benzene rings is 1. The van der Waals surface area contributed by atoms with Crippen molar-refractivity contribution in [2.24, 2.45) is 5.41 Å². The van der Waals surface area contributed by atoms with Crippen LogP contribution in [0.3, 0.4) is 0 Å². The minimum Gasteiger partial charge on any atom is -0.388 e. The molecule has 0 saturated carbocycles. The molecule has 0 aliphatic heterocycles. The van der Waals surface area contributed by atoms with Crippen LogP contribution in [0.4, 0.5) is 0 Å². The van der Waals surface area contributed by atoms with Gasteiger partial charge in [-0.3, -0.25) is 0 Å². The van der Waals surface area contributed by atoms with Crippen LogP contribution in [0, 0.1) is 12.3 Å². The van der Waals surface area contributed by atoms with Gasteiger partial charge in [-0.15, -0.1) is 0 Å². The summed E-state index contributed by atoms with van der Waals surface area (Å²) in [5.74, 6) is 0. The van der Waals surface area contributed by atoms with Gasteiger partial charge >= 0.3 is 0 Å². The molecule has 1 aromatic heterocycles. The maximum atomic E-state index is 10.3. The topological polar surface area (TPSA) is 25.2 Å². The molecular formula is C18H23NO. The summed E-state index contributed by atoms with van der Waals surface area (Å²) in [6.45, 7) is 7.49. The molecule has 0 radical (unpaired) electrons. The van der Waals surface area contributed by atoms with Crippen molar-refractivity contribution in [3.8, 4) is 0 Å². The number of nitrogens with zero attached hydrogens (tertiary/aromatic N) is 1. The van der Waals surface area contributed by atoms with Crippen molar-refractivity contribution in [3.05, 3.63) is 58.9 Å². The fraction of sp³-hybridized carbons (Fsp3) is 0.444. The van der Waals surface area contributed by atoms with Gasteiger partial charge in [0.05, 0.1) is 6.10 Å². The first kappa shape index (κ1) is 13.4. The van der Waals surface area contributed by atoms with Gasteiger partial charge in [0.15, 0.2) is 0 Å². The lowest BCUT2D eigenvalue weighted by molar-refractivity contribution is 0.0981. The van der Waals surface area contributed by atoms with Gasteiger partial charge < -0.3 is 9.67 Å². The maximum absolute atomic E-state index is 10.3. The molecule has 0 spiro atoms. The van der Waals surface area contributed by atoms with Crippen LogP contribution in [0.2, 0.25) is 0 Å². The Kier molecular flexibility index (Phi) is 3.21. The Balaban J connectivity index is 1.93. The summed E-state index contributed by atoms with van der Waals surface area (Å²) in [5, 5.41) is 10.3.